The number of quaternary nitrogens is 1. The van der Waals surface area contributed by atoms with Crippen molar-refractivity contribution in [2.75, 3.05) is 7.05 Å². The first-order chi connectivity index (χ1) is 8.91. The van der Waals surface area contributed by atoms with Crippen molar-refractivity contribution in [1.82, 2.24) is 0 Å². The van der Waals surface area contributed by atoms with Crippen molar-refractivity contribution in [3.63, 3.8) is 0 Å². The summed E-state index contributed by atoms with van der Waals surface area (Å²) in [7, 11) is 1.77. The van der Waals surface area contributed by atoms with Crippen LogP contribution in [0, 0.1) is 0 Å². The van der Waals surface area contributed by atoms with E-state index in [1.165, 1.54) is 0 Å². The van der Waals surface area contributed by atoms with Crippen molar-refractivity contribution in [2.24, 2.45) is 10.7 Å². The number of urea groups is 1. The summed E-state index contributed by atoms with van der Waals surface area (Å²) in [6.45, 7) is 1.58. The molecule has 0 aliphatic carbocycles. The van der Waals surface area contributed by atoms with Crippen LogP contribution in [0.3, 0.4) is 0 Å². The maximum Gasteiger partial charge on any atom is 0.451 e. The van der Waals surface area contributed by atoms with Gasteiger partial charge in [-0.2, -0.15) is 4.48 Å². The minimum Gasteiger partial charge on any atom is -0.383 e. The molecular weight excluding hydrogens is 246 g/mol. The normalized spacial score (nSPS) is 34.4. The van der Waals surface area contributed by atoms with Gasteiger partial charge in [0, 0.05) is 18.9 Å². The first-order valence-corrected chi connectivity index (χ1v) is 6.50. The van der Waals surface area contributed by atoms with E-state index in [1.54, 1.807) is 26.2 Å². The minimum absolute atomic E-state index is 0.00271. The number of nitrogens with two attached hydrogens (primary N) is 1. The van der Waals surface area contributed by atoms with E-state index in [2.05, 4.69) is 4.99 Å². The number of hydrogen-bond acceptors (Lipinski definition) is 4. The van der Waals surface area contributed by atoms with E-state index in [0.717, 1.165) is 19.3 Å². The first kappa shape index (κ1) is 13.9. The van der Waals surface area contributed by atoms with Gasteiger partial charge in [-0.15, -0.1) is 4.99 Å². The molecule has 0 aromatic carbocycles. The van der Waals surface area contributed by atoms with E-state index < -0.39 is 0 Å². The summed E-state index contributed by atoms with van der Waals surface area (Å²) in [6, 6.07) is -0.308. The van der Waals surface area contributed by atoms with E-state index in [0.29, 0.717) is 6.42 Å². The van der Waals surface area contributed by atoms with E-state index in [-0.39, 0.29) is 34.5 Å². The highest BCUT2D eigenvalue weighted by Gasteiger charge is 2.45. The molecule has 104 valence electrons. The summed E-state index contributed by atoms with van der Waals surface area (Å²) >= 11 is 0. The number of ketones is 1. The Bertz CT molecular complexity index is 458. The lowest BCUT2D eigenvalue weighted by Crippen LogP contribution is -2.53. The molecule has 0 bridgehead atoms. The monoisotopic (exact) mass is 266 g/mol. The molecule has 1 fully saturated rings. The highest BCUT2D eigenvalue weighted by Crippen LogP contribution is 2.31. The Morgan fingerprint density at radius 2 is 2.32 bits per heavy atom. The molecule has 6 nitrogen and oxygen atoms in total. The number of carbonyl (C=O) groups is 2. The third-order valence-corrected chi connectivity index (χ3v) is 3.69. The zero-order chi connectivity index (χ0) is 14.0. The van der Waals surface area contributed by atoms with Gasteiger partial charge in [0.15, 0.2) is 0 Å². The van der Waals surface area contributed by atoms with Gasteiger partial charge < -0.3 is 15.3 Å². The number of rotatable bonds is 4. The van der Waals surface area contributed by atoms with Crippen LogP contribution < -0.4 is 5.73 Å². The number of amides is 2. The first-order valence-electron chi connectivity index (χ1n) is 6.50. The molecule has 2 aliphatic rings. The lowest BCUT2D eigenvalue weighted by molar-refractivity contribution is -0.830. The Hall–Kier alpha value is -1.53. The second kappa shape index (κ2) is 5.22. The van der Waals surface area contributed by atoms with Crippen LogP contribution in [0.25, 0.3) is 0 Å². The average Bonchev–Trinajstić information content (AvgIpc) is 2.81. The van der Waals surface area contributed by atoms with Gasteiger partial charge >= 0.3 is 6.03 Å². The van der Waals surface area contributed by atoms with Crippen molar-refractivity contribution < 1.29 is 18.8 Å². The number of Topliss-reactive ketones (excluding diaryl/α,β-unsaturated/α-hetero) is 1. The summed E-state index contributed by atoms with van der Waals surface area (Å²) in [4.78, 5) is 26.8. The van der Waals surface area contributed by atoms with Gasteiger partial charge in [0.2, 0.25) is 6.23 Å². The Morgan fingerprint density at radius 1 is 1.58 bits per heavy atom. The standard InChI is InChI=1S/C13H19N3O3/c1-9(17)3-4-10-5-6-12(19-10)16(2)8-7-11(14)15-13(16)18/h7-8,10,12H,3-6H2,1-2H3,(H-,14,15,18)/p+1. The number of aliphatic imine (C=N–C) groups is 1. The van der Waals surface area contributed by atoms with E-state index in [1.807, 2.05) is 0 Å². The van der Waals surface area contributed by atoms with Crippen molar-refractivity contribution >= 4 is 17.6 Å². The molecule has 2 amide bonds. The van der Waals surface area contributed by atoms with Gasteiger partial charge in [0.25, 0.3) is 0 Å². The molecule has 0 saturated carbocycles. The molecule has 3 atom stereocenters. The molecule has 0 aromatic heterocycles. The second-order valence-corrected chi connectivity index (χ2v) is 5.31. The number of carbonyl (C=O) groups excluding carboxylic acids is 2. The predicted octanol–water partition coefficient (Wildman–Crippen LogP) is 1.31. The van der Waals surface area contributed by atoms with Crippen LogP contribution in [0.15, 0.2) is 17.3 Å². The van der Waals surface area contributed by atoms with Gasteiger partial charge in [-0.3, -0.25) is 0 Å². The Labute approximate surface area is 112 Å². The van der Waals surface area contributed by atoms with Crippen LogP contribution >= 0.6 is 0 Å². The third kappa shape index (κ3) is 2.90. The lowest BCUT2D eigenvalue weighted by Gasteiger charge is -2.32. The summed E-state index contributed by atoms with van der Waals surface area (Å²) < 4.78 is 5.90. The predicted molar refractivity (Wildman–Crippen MR) is 70.2 cm³/mol. The zero-order valence-corrected chi connectivity index (χ0v) is 11.3. The SMILES string of the molecule is CC(=O)CCC1CCC([N+]2(C)C=CC(N)=NC2=O)O1. The molecule has 0 spiro atoms. The van der Waals surface area contributed by atoms with Crippen molar-refractivity contribution in [1.29, 1.82) is 0 Å². The fraction of sp³-hybridized carbons (Fsp3) is 0.615. The Balaban J connectivity index is 1.99. The summed E-state index contributed by atoms with van der Waals surface area (Å²) in [5.74, 6) is 0.394. The van der Waals surface area contributed by atoms with Crippen molar-refractivity contribution in [2.45, 2.75) is 44.9 Å². The highest BCUT2D eigenvalue weighted by molar-refractivity contribution is 5.99. The topological polar surface area (TPSA) is 81.8 Å². The number of nitrogens with zero attached hydrogens (tertiary/aromatic N) is 2. The summed E-state index contributed by atoms with van der Waals surface area (Å²) in [6.07, 6.45) is 6.06. The van der Waals surface area contributed by atoms with Gasteiger partial charge in [0.1, 0.15) is 17.8 Å². The van der Waals surface area contributed by atoms with Gasteiger partial charge in [-0.05, 0) is 19.8 Å². The van der Waals surface area contributed by atoms with Crippen LogP contribution in [0.2, 0.25) is 0 Å². The van der Waals surface area contributed by atoms with E-state index >= 15 is 0 Å². The molecule has 2 rings (SSSR count). The van der Waals surface area contributed by atoms with Crippen LogP contribution in [0.5, 0.6) is 0 Å². The van der Waals surface area contributed by atoms with Crippen molar-refractivity contribution in [3.8, 4) is 0 Å². The molecule has 0 aromatic rings. The Kier molecular flexibility index (Phi) is 3.82. The molecule has 0 radical (unpaired) electrons. The number of hydrogen-bond donors (Lipinski definition) is 1. The van der Waals surface area contributed by atoms with Crippen LogP contribution in [-0.2, 0) is 9.53 Å². The molecule has 2 aliphatic heterocycles. The van der Waals surface area contributed by atoms with E-state index in [9.17, 15) is 9.59 Å². The molecule has 19 heavy (non-hydrogen) atoms. The summed E-state index contributed by atoms with van der Waals surface area (Å²) in [5, 5.41) is 0. The lowest BCUT2D eigenvalue weighted by atomic mass is 10.1. The summed E-state index contributed by atoms with van der Waals surface area (Å²) in [5.41, 5.74) is 5.51. The maximum absolute atomic E-state index is 12.0. The molecule has 1 saturated heterocycles. The number of amidine groups is 1. The largest absolute Gasteiger partial charge is 0.451 e. The van der Waals surface area contributed by atoms with Crippen LogP contribution in [0.1, 0.15) is 32.6 Å². The van der Waals surface area contributed by atoms with Crippen molar-refractivity contribution in [3.05, 3.63) is 12.3 Å². The van der Waals surface area contributed by atoms with Gasteiger partial charge in [-0.1, -0.05) is 0 Å². The Morgan fingerprint density at radius 3 is 2.95 bits per heavy atom. The fourth-order valence-electron chi connectivity index (χ4n) is 2.43. The molecule has 2 N–H and O–H groups in total. The second-order valence-electron chi connectivity index (χ2n) is 5.31. The fourth-order valence-corrected chi connectivity index (χ4v) is 2.43. The molecule has 6 heteroatoms. The van der Waals surface area contributed by atoms with Crippen LogP contribution in [-0.4, -0.2) is 41.5 Å². The highest BCUT2D eigenvalue weighted by atomic mass is 16.5. The van der Waals surface area contributed by atoms with Gasteiger partial charge in [0.05, 0.1) is 13.2 Å². The number of ether oxygens (including phenoxy) is 1. The quantitative estimate of drug-likeness (QED) is 0.778. The van der Waals surface area contributed by atoms with Crippen LogP contribution in [0.4, 0.5) is 4.79 Å². The van der Waals surface area contributed by atoms with Gasteiger partial charge in [-0.25, -0.2) is 4.79 Å². The van der Waals surface area contributed by atoms with E-state index in [4.69, 9.17) is 10.5 Å². The smallest absolute Gasteiger partial charge is 0.383 e. The molecular formula is C13H20N3O3+. The zero-order valence-electron chi connectivity index (χ0n) is 11.3. The third-order valence-electron chi connectivity index (χ3n) is 3.69. The molecule has 3 unspecified atom stereocenters. The minimum atomic E-state index is -0.308. The molecule has 2 heterocycles. The average molecular weight is 266 g/mol. The maximum atomic E-state index is 12.0.